The number of carbonyl (C=O) groups is 1. The normalized spacial score (nSPS) is 19.9. The largest absolute Gasteiger partial charge is 0.491 e. The Kier molecular flexibility index (Phi) is 7.15. The van der Waals surface area contributed by atoms with Crippen LogP contribution in [0.25, 0.3) is 0 Å². The van der Waals surface area contributed by atoms with Gasteiger partial charge in [0.1, 0.15) is 12.4 Å². The highest BCUT2D eigenvalue weighted by atomic mass is 32.2. The molecular weight excluding hydrogens is 473 g/mol. The van der Waals surface area contributed by atoms with Crippen LogP contribution in [0.1, 0.15) is 28.8 Å². The Labute approximate surface area is 196 Å². The molecule has 2 aliphatic heterocycles. The van der Waals surface area contributed by atoms with Crippen molar-refractivity contribution in [3.8, 4) is 5.75 Å². The van der Waals surface area contributed by atoms with E-state index in [1.54, 1.807) is 29.2 Å². The van der Waals surface area contributed by atoms with Gasteiger partial charge in [-0.2, -0.15) is 17.5 Å². The molecule has 1 unspecified atom stereocenters. The Morgan fingerprint density at radius 1 is 1.06 bits per heavy atom. The fourth-order valence-corrected chi connectivity index (χ4v) is 5.39. The van der Waals surface area contributed by atoms with Crippen LogP contribution in [0, 0.1) is 0 Å². The number of sulfonamides is 1. The molecule has 0 radical (unpaired) electrons. The zero-order chi connectivity index (χ0) is 24.3. The van der Waals surface area contributed by atoms with Crippen molar-refractivity contribution in [2.75, 3.05) is 39.4 Å². The maximum atomic E-state index is 12.9. The van der Waals surface area contributed by atoms with Crippen molar-refractivity contribution >= 4 is 15.9 Å². The molecule has 1 amide bonds. The maximum absolute atomic E-state index is 12.9. The van der Waals surface area contributed by atoms with Gasteiger partial charge in [-0.3, -0.25) is 4.79 Å². The van der Waals surface area contributed by atoms with Gasteiger partial charge in [-0.25, -0.2) is 8.42 Å². The number of alkyl halides is 3. The third kappa shape index (κ3) is 5.53. The van der Waals surface area contributed by atoms with E-state index in [0.29, 0.717) is 17.9 Å². The number of ether oxygens (including phenoxy) is 2. The Balaban J connectivity index is 1.35. The van der Waals surface area contributed by atoms with E-state index in [1.807, 2.05) is 0 Å². The van der Waals surface area contributed by atoms with Crippen LogP contribution in [0.3, 0.4) is 0 Å². The van der Waals surface area contributed by atoms with Crippen molar-refractivity contribution in [2.24, 2.45) is 0 Å². The summed E-state index contributed by atoms with van der Waals surface area (Å²) in [5, 5.41) is 0. The predicted octanol–water partition coefficient (Wildman–Crippen LogP) is 3.41. The molecule has 0 bridgehead atoms. The van der Waals surface area contributed by atoms with Gasteiger partial charge in [-0.15, -0.1) is 0 Å². The molecule has 184 valence electrons. The van der Waals surface area contributed by atoms with Gasteiger partial charge in [0, 0.05) is 38.3 Å². The maximum Gasteiger partial charge on any atom is 0.416 e. The molecular formula is C23H25F3N2O5S. The Bertz CT molecular complexity index is 1110. The number of piperazine rings is 1. The summed E-state index contributed by atoms with van der Waals surface area (Å²) < 4.78 is 76.4. The minimum Gasteiger partial charge on any atom is -0.491 e. The predicted molar refractivity (Wildman–Crippen MR) is 117 cm³/mol. The molecule has 0 spiro atoms. The van der Waals surface area contributed by atoms with Crippen molar-refractivity contribution in [1.29, 1.82) is 0 Å². The van der Waals surface area contributed by atoms with Crippen molar-refractivity contribution in [2.45, 2.75) is 30.0 Å². The number of amides is 1. The highest BCUT2D eigenvalue weighted by molar-refractivity contribution is 7.89. The zero-order valence-corrected chi connectivity index (χ0v) is 19.1. The summed E-state index contributed by atoms with van der Waals surface area (Å²) in [6, 6.07) is 10.2. The first-order chi connectivity index (χ1) is 16.1. The number of carbonyl (C=O) groups excluding carboxylic acids is 1. The van der Waals surface area contributed by atoms with Gasteiger partial charge in [0.05, 0.1) is 16.6 Å². The van der Waals surface area contributed by atoms with Crippen LogP contribution in [-0.2, 0) is 20.9 Å². The molecule has 2 aromatic carbocycles. The average molecular weight is 499 g/mol. The van der Waals surface area contributed by atoms with E-state index in [2.05, 4.69) is 0 Å². The molecule has 11 heteroatoms. The Hall–Kier alpha value is -2.63. The quantitative estimate of drug-likeness (QED) is 0.610. The fourth-order valence-electron chi connectivity index (χ4n) is 3.96. The van der Waals surface area contributed by atoms with Crippen LogP contribution in [0.2, 0.25) is 0 Å². The highest BCUT2D eigenvalue weighted by Gasteiger charge is 2.33. The van der Waals surface area contributed by atoms with Gasteiger partial charge < -0.3 is 14.4 Å². The topological polar surface area (TPSA) is 76.2 Å². The smallest absolute Gasteiger partial charge is 0.416 e. The summed E-state index contributed by atoms with van der Waals surface area (Å²) in [4.78, 5) is 14.3. The lowest BCUT2D eigenvalue weighted by atomic mass is 10.1. The lowest BCUT2D eigenvalue weighted by molar-refractivity contribution is -0.137. The van der Waals surface area contributed by atoms with Crippen LogP contribution in [0.5, 0.6) is 5.75 Å². The van der Waals surface area contributed by atoms with Gasteiger partial charge in [0.2, 0.25) is 10.0 Å². The summed E-state index contributed by atoms with van der Waals surface area (Å²) >= 11 is 0. The zero-order valence-electron chi connectivity index (χ0n) is 18.3. The van der Waals surface area contributed by atoms with Gasteiger partial charge in [-0.05, 0) is 55.3 Å². The van der Waals surface area contributed by atoms with E-state index in [9.17, 15) is 26.4 Å². The number of hydrogen-bond acceptors (Lipinski definition) is 5. The highest BCUT2D eigenvalue weighted by Crippen LogP contribution is 2.30. The second kappa shape index (κ2) is 9.93. The molecule has 0 saturated carbocycles. The summed E-state index contributed by atoms with van der Waals surface area (Å²) in [6.07, 6.45) is -2.54. The molecule has 34 heavy (non-hydrogen) atoms. The first-order valence-electron chi connectivity index (χ1n) is 11.0. The molecule has 2 saturated heterocycles. The lowest BCUT2D eigenvalue weighted by Crippen LogP contribution is -2.50. The minimum absolute atomic E-state index is 0.0459. The van der Waals surface area contributed by atoms with Gasteiger partial charge in [-0.1, -0.05) is 6.07 Å². The molecule has 2 aromatic rings. The SMILES string of the molecule is O=C(c1cccc(OCC2CCCO2)c1)N1CCN(S(=O)(=O)c2ccc(C(F)(F)F)cc2)CC1. The number of benzene rings is 2. The molecule has 4 rings (SSSR count). The van der Waals surface area contributed by atoms with Crippen LogP contribution >= 0.6 is 0 Å². The first-order valence-corrected chi connectivity index (χ1v) is 12.4. The standard InChI is InChI=1S/C23H25F3N2O5S/c24-23(25,26)18-6-8-21(9-7-18)34(30,31)28-12-10-27(11-13-28)22(29)17-3-1-4-19(15-17)33-16-20-5-2-14-32-20/h1,3-4,6-9,15,20H,2,5,10-14,16H2. The van der Waals surface area contributed by atoms with Gasteiger partial charge in [0.25, 0.3) is 5.91 Å². The molecule has 2 heterocycles. The molecule has 7 nitrogen and oxygen atoms in total. The third-order valence-corrected chi connectivity index (χ3v) is 7.80. The van der Waals surface area contributed by atoms with E-state index in [-0.39, 0.29) is 43.1 Å². The van der Waals surface area contributed by atoms with Crippen molar-refractivity contribution < 1.29 is 35.9 Å². The van der Waals surface area contributed by atoms with Crippen LogP contribution in [0.4, 0.5) is 13.2 Å². The van der Waals surface area contributed by atoms with Crippen molar-refractivity contribution in [3.05, 3.63) is 59.7 Å². The van der Waals surface area contributed by atoms with Gasteiger partial charge >= 0.3 is 6.18 Å². The first kappa shape index (κ1) is 24.5. The molecule has 1 atom stereocenters. The molecule has 2 fully saturated rings. The number of nitrogens with zero attached hydrogens (tertiary/aromatic N) is 2. The fraction of sp³-hybridized carbons (Fsp3) is 0.435. The Morgan fingerprint density at radius 3 is 2.38 bits per heavy atom. The van der Waals surface area contributed by atoms with Crippen LogP contribution < -0.4 is 4.74 Å². The molecule has 2 aliphatic rings. The van der Waals surface area contributed by atoms with Crippen molar-refractivity contribution in [1.82, 2.24) is 9.21 Å². The average Bonchev–Trinajstić information content (AvgIpc) is 3.36. The summed E-state index contributed by atoms with van der Waals surface area (Å²) in [5.74, 6) is 0.319. The van der Waals surface area contributed by atoms with Crippen LogP contribution in [0.15, 0.2) is 53.4 Å². The Morgan fingerprint density at radius 2 is 1.76 bits per heavy atom. The van der Waals surface area contributed by atoms with Gasteiger partial charge in [0.15, 0.2) is 0 Å². The minimum atomic E-state index is -4.54. The number of halogens is 3. The summed E-state index contributed by atoms with van der Waals surface area (Å²) in [5.41, 5.74) is -0.479. The summed E-state index contributed by atoms with van der Waals surface area (Å²) in [6.45, 7) is 1.57. The van der Waals surface area contributed by atoms with E-state index in [4.69, 9.17) is 9.47 Å². The molecule has 0 aliphatic carbocycles. The van der Waals surface area contributed by atoms with Crippen molar-refractivity contribution in [3.63, 3.8) is 0 Å². The monoisotopic (exact) mass is 498 g/mol. The third-order valence-electron chi connectivity index (χ3n) is 5.89. The van der Waals surface area contributed by atoms with E-state index in [0.717, 1.165) is 43.7 Å². The summed E-state index contributed by atoms with van der Waals surface area (Å²) in [7, 11) is -3.96. The molecule has 0 N–H and O–H groups in total. The van der Waals surface area contributed by atoms with E-state index in [1.165, 1.54) is 4.31 Å². The van der Waals surface area contributed by atoms with E-state index < -0.39 is 21.8 Å². The molecule has 0 aromatic heterocycles. The second-order valence-electron chi connectivity index (χ2n) is 8.19. The number of hydrogen-bond donors (Lipinski definition) is 0. The second-order valence-corrected chi connectivity index (χ2v) is 10.1. The van der Waals surface area contributed by atoms with E-state index >= 15 is 0 Å². The van der Waals surface area contributed by atoms with Crippen LogP contribution in [-0.4, -0.2) is 69.0 Å². The lowest BCUT2D eigenvalue weighted by Gasteiger charge is -2.34. The number of rotatable bonds is 6.